The number of aryl methyl sites for hydroxylation is 3. The van der Waals surface area contributed by atoms with E-state index < -0.39 is 11.9 Å². The molecule has 1 amide bonds. The van der Waals surface area contributed by atoms with Crippen molar-refractivity contribution in [1.29, 1.82) is 0 Å². The number of amides is 1. The van der Waals surface area contributed by atoms with E-state index in [0.717, 1.165) is 16.7 Å². The Kier molecular flexibility index (Phi) is 3.71. The summed E-state index contributed by atoms with van der Waals surface area (Å²) in [7, 11) is 0. The number of fused-ring (bicyclic) bond motifs is 2. The molecule has 1 aliphatic heterocycles. The van der Waals surface area contributed by atoms with Crippen molar-refractivity contribution in [2.45, 2.75) is 26.8 Å². The average Bonchev–Trinajstić information content (AvgIpc) is 3.25. The molecule has 3 heterocycles. The molecule has 0 N–H and O–H groups in total. The smallest absolute Gasteiger partial charge is 0.296 e. The summed E-state index contributed by atoms with van der Waals surface area (Å²) in [6, 6.07) is 14.2. The van der Waals surface area contributed by atoms with E-state index in [2.05, 4.69) is 5.16 Å². The number of carbonyl (C=O) groups is 1. The molecule has 0 radical (unpaired) electrons. The summed E-state index contributed by atoms with van der Waals surface area (Å²) < 4.78 is 11.1. The molecule has 1 atom stereocenters. The fourth-order valence-corrected chi connectivity index (χ4v) is 3.85. The Morgan fingerprint density at radius 1 is 0.931 bits per heavy atom. The van der Waals surface area contributed by atoms with Crippen molar-refractivity contribution in [2.24, 2.45) is 0 Å². The minimum absolute atomic E-state index is 0.0533. The molecule has 0 bridgehead atoms. The quantitative estimate of drug-likeness (QED) is 0.508. The van der Waals surface area contributed by atoms with Crippen LogP contribution in [-0.2, 0) is 0 Å². The maximum absolute atomic E-state index is 13.5. The van der Waals surface area contributed by atoms with Crippen LogP contribution in [0.1, 0.15) is 44.6 Å². The molecule has 4 aromatic rings. The Hall–Kier alpha value is -3.67. The number of hydrogen-bond acceptors (Lipinski definition) is 5. The van der Waals surface area contributed by atoms with Gasteiger partial charge in [0.15, 0.2) is 11.2 Å². The second-order valence-corrected chi connectivity index (χ2v) is 7.46. The molecule has 0 spiro atoms. The van der Waals surface area contributed by atoms with Crippen LogP contribution in [0.3, 0.4) is 0 Å². The number of aromatic nitrogens is 1. The molecule has 0 saturated heterocycles. The van der Waals surface area contributed by atoms with Gasteiger partial charge in [-0.1, -0.05) is 46.6 Å². The van der Waals surface area contributed by atoms with Crippen molar-refractivity contribution >= 4 is 22.7 Å². The molecular weight excluding hydrogens is 368 g/mol. The molecule has 0 saturated carbocycles. The van der Waals surface area contributed by atoms with E-state index in [1.165, 1.54) is 4.90 Å². The Morgan fingerprint density at radius 2 is 1.66 bits per heavy atom. The number of benzene rings is 2. The number of nitrogens with zero attached hydrogens (tertiary/aromatic N) is 2. The fraction of sp³-hybridized carbons (Fsp3) is 0.174. The first-order valence-electron chi connectivity index (χ1n) is 9.35. The second kappa shape index (κ2) is 6.17. The van der Waals surface area contributed by atoms with Crippen LogP contribution in [0.15, 0.2) is 62.3 Å². The van der Waals surface area contributed by atoms with Crippen LogP contribution in [0.5, 0.6) is 0 Å². The highest BCUT2D eigenvalue weighted by Gasteiger charge is 2.44. The van der Waals surface area contributed by atoms with Crippen molar-refractivity contribution in [3.8, 4) is 0 Å². The molecular formula is C23H18N2O4. The predicted molar refractivity (Wildman–Crippen MR) is 108 cm³/mol. The minimum atomic E-state index is -0.635. The Bertz CT molecular complexity index is 1330. The standard InChI is InChI=1S/C23H18N2O4/c1-12-4-7-15(8-5-12)20-19-21(26)16-10-13(2)6-9-17(16)28-22(19)23(27)25(20)18-11-14(3)29-24-18/h4-11,20H,1-3H3/t20-/m0/s1. The Balaban J connectivity index is 1.83. The van der Waals surface area contributed by atoms with Gasteiger partial charge in [0, 0.05) is 6.07 Å². The largest absolute Gasteiger partial charge is 0.450 e. The summed E-state index contributed by atoms with van der Waals surface area (Å²) in [5, 5.41) is 4.49. The van der Waals surface area contributed by atoms with E-state index in [1.54, 1.807) is 25.1 Å². The highest BCUT2D eigenvalue weighted by molar-refractivity contribution is 6.10. The van der Waals surface area contributed by atoms with Crippen LogP contribution in [0.2, 0.25) is 0 Å². The normalized spacial score (nSPS) is 15.9. The third-order valence-electron chi connectivity index (χ3n) is 5.28. The van der Waals surface area contributed by atoms with Gasteiger partial charge in [-0.2, -0.15) is 0 Å². The summed E-state index contributed by atoms with van der Waals surface area (Å²) in [5.74, 6) is 0.576. The Labute approximate surface area is 166 Å². The van der Waals surface area contributed by atoms with Gasteiger partial charge in [0.25, 0.3) is 5.91 Å². The topological polar surface area (TPSA) is 76.6 Å². The predicted octanol–water partition coefficient (Wildman–Crippen LogP) is 4.46. The summed E-state index contributed by atoms with van der Waals surface area (Å²) in [4.78, 5) is 28.3. The number of anilines is 1. The SMILES string of the molecule is Cc1ccc([C@H]2c3c(oc4ccc(C)cc4c3=O)C(=O)N2c2cc(C)on2)cc1. The van der Waals surface area contributed by atoms with E-state index in [1.807, 2.05) is 44.2 Å². The van der Waals surface area contributed by atoms with E-state index in [4.69, 9.17) is 8.94 Å². The van der Waals surface area contributed by atoms with E-state index in [9.17, 15) is 9.59 Å². The maximum Gasteiger partial charge on any atom is 0.296 e. The summed E-state index contributed by atoms with van der Waals surface area (Å²) in [6.07, 6.45) is 0. The van der Waals surface area contributed by atoms with Gasteiger partial charge in [0.05, 0.1) is 17.0 Å². The molecule has 5 rings (SSSR count). The van der Waals surface area contributed by atoms with Gasteiger partial charge in [-0.25, -0.2) is 0 Å². The van der Waals surface area contributed by atoms with Gasteiger partial charge in [0.2, 0.25) is 5.76 Å². The highest BCUT2D eigenvalue weighted by Crippen LogP contribution is 2.40. The van der Waals surface area contributed by atoms with Gasteiger partial charge in [0.1, 0.15) is 11.3 Å². The first-order chi connectivity index (χ1) is 13.9. The molecule has 2 aromatic heterocycles. The molecule has 0 aliphatic carbocycles. The summed E-state index contributed by atoms with van der Waals surface area (Å²) in [6.45, 7) is 5.66. The lowest BCUT2D eigenvalue weighted by atomic mass is 9.97. The van der Waals surface area contributed by atoms with Crippen LogP contribution in [-0.4, -0.2) is 11.1 Å². The Morgan fingerprint density at radius 3 is 2.34 bits per heavy atom. The van der Waals surface area contributed by atoms with Crippen molar-refractivity contribution in [1.82, 2.24) is 5.16 Å². The fourth-order valence-electron chi connectivity index (χ4n) is 3.85. The zero-order chi connectivity index (χ0) is 20.3. The van der Waals surface area contributed by atoms with Crippen molar-refractivity contribution in [3.63, 3.8) is 0 Å². The van der Waals surface area contributed by atoms with Crippen molar-refractivity contribution in [2.75, 3.05) is 4.90 Å². The molecule has 144 valence electrons. The molecule has 0 fully saturated rings. The van der Waals surface area contributed by atoms with Crippen LogP contribution in [0.4, 0.5) is 5.82 Å². The van der Waals surface area contributed by atoms with Crippen molar-refractivity contribution < 1.29 is 13.7 Å². The van der Waals surface area contributed by atoms with Crippen LogP contribution >= 0.6 is 0 Å². The molecule has 6 heteroatoms. The van der Waals surface area contributed by atoms with Gasteiger partial charge in [-0.15, -0.1) is 0 Å². The zero-order valence-electron chi connectivity index (χ0n) is 16.2. The van der Waals surface area contributed by atoms with E-state index >= 15 is 0 Å². The minimum Gasteiger partial charge on any atom is -0.450 e. The summed E-state index contributed by atoms with van der Waals surface area (Å²) >= 11 is 0. The third kappa shape index (κ3) is 2.60. The van der Waals surface area contributed by atoms with Gasteiger partial charge >= 0.3 is 0 Å². The second-order valence-electron chi connectivity index (χ2n) is 7.46. The maximum atomic E-state index is 13.5. The molecule has 2 aromatic carbocycles. The molecule has 1 aliphatic rings. The van der Waals surface area contributed by atoms with E-state index in [-0.39, 0.29) is 11.2 Å². The molecule has 6 nitrogen and oxygen atoms in total. The van der Waals surface area contributed by atoms with Gasteiger partial charge < -0.3 is 8.94 Å². The lowest BCUT2D eigenvalue weighted by molar-refractivity contribution is 0.0969. The van der Waals surface area contributed by atoms with Crippen LogP contribution in [0, 0.1) is 20.8 Å². The molecule has 29 heavy (non-hydrogen) atoms. The third-order valence-corrected chi connectivity index (χ3v) is 5.28. The number of rotatable bonds is 2. The van der Waals surface area contributed by atoms with E-state index in [0.29, 0.717) is 28.1 Å². The first-order valence-corrected chi connectivity index (χ1v) is 9.35. The number of carbonyl (C=O) groups excluding carboxylic acids is 1. The number of hydrogen-bond donors (Lipinski definition) is 0. The van der Waals surface area contributed by atoms with Gasteiger partial charge in [-0.3, -0.25) is 14.5 Å². The zero-order valence-corrected chi connectivity index (χ0v) is 16.2. The average molecular weight is 386 g/mol. The van der Waals surface area contributed by atoms with Gasteiger partial charge in [-0.05, 0) is 38.5 Å². The lowest BCUT2D eigenvalue weighted by Gasteiger charge is -2.22. The first kappa shape index (κ1) is 17.4. The molecule has 0 unspecified atom stereocenters. The lowest BCUT2D eigenvalue weighted by Crippen LogP contribution is -2.29. The monoisotopic (exact) mass is 386 g/mol. The summed E-state index contributed by atoms with van der Waals surface area (Å²) in [5.41, 5.74) is 3.37. The van der Waals surface area contributed by atoms with Crippen LogP contribution < -0.4 is 10.3 Å². The highest BCUT2D eigenvalue weighted by atomic mass is 16.5. The van der Waals surface area contributed by atoms with Crippen molar-refractivity contribution in [3.05, 3.63) is 92.5 Å². The van der Waals surface area contributed by atoms with Crippen LogP contribution in [0.25, 0.3) is 11.0 Å².